The van der Waals surface area contributed by atoms with E-state index in [9.17, 15) is 18.0 Å². The summed E-state index contributed by atoms with van der Waals surface area (Å²) in [5, 5.41) is 5.74. The Morgan fingerprint density at radius 1 is 1.31 bits per heavy atom. The Balaban J connectivity index is 0.00000243. The number of benzene rings is 1. The van der Waals surface area contributed by atoms with E-state index in [4.69, 9.17) is 0 Å². The fraction of sp³-hybridized carbons (Fsp3) is 0.611. The van der Waals surface area contributed by atoms with Gasteiger partial charge in [-0.15, -0.1) is 12.4 Å². The maximum atomic E-state index is 13.8. The molecule has 3 rings (SSSR count). The monoisotopic (exact) mass is 391 g/mol. The summed E-state index contributed by atoms with van der Waals surface area (Å²) < 4.78 is 41.3. The van der Waals surface area contributed by atoms with Gasteiger partial charge in [0.25, 0.3) is 0 Å². The summed E-state index contributed by atoms with van der Waals surface area (Å²) in [6.45, 7) is 1.53. The number of carbonyl (C=O) groups is 1. The van der Waals surface area contributed by atoms with Gasteiger partial charge in [-0.2, -0.15) is 13.2 Å². The third-order valence-corrected chi connectivity index (χ3v) is 5.25. The van der Waals surface area contributed by atoms with Crippen molar-refractivity contribution in [3.63, 3.8) is 0 Å². The summed E-state index contributed by atoms with van der Waals surface area (Å²) in [7, 11) is 0. The fourth-order valence-electron chi connectivity index (χ4n) is 3.73. The van der Waals surface area contributed by atoms with Gasteiger partial charge in [0.15, 0.2) is 5.41 Å². The van der Waals surface area contributed by atoms with E-state index < -0.39 is 17.5 Å². The molecule has 8 heteroatoms. The van der Waals surface area contributed by atoms with Crippen LogP contribution in [0.2, 0.25) is 0 Å². The van der Waals surface area contributed by atoms with Crippen LogP contribution in [-0.2, 0) is 11.3 Å². The predicted molar refractivity (Wildman–Crippen MR) is 96.1 cm³/mol. The molecule has 1 amide bonds. The van der Waals surface area contributed by atoms with Gasteiger partial charge < -0.3 is 10.6 Å². The number of nitrogens with one attached hydrogen (secondary N) is 2. The first-order chi connectivity index (χ1) is 11.9. The Morgan fingerprint density at radius 3 is 2.65 bits per heavy atom. The molecule has 26 heavy (non-hydrogen) atoms. The molecule has 4 nitrogen and oxygen atoms in total. The molecular formula is C18H25ClF3N3O. The highest BCUT2D eigenvalue weighted by atomic mass is 35.5. The van der Waals surface area contributed by atoms with Crippen molar-refractivity contribution in [2.75, 3.05) is 26.2 Å². The second-order valence-electron chi connectivity index (χ2n) is 7.03. The molecule has 2 N–H and O–H groups in total. The molecule has 0 spiro atoms. The third-order valence-electron chi connectivity index (χ3n) is 5.25. The zero-order valence-corrected chi connectivity index (χ0v) is 15.3. The van der Waals surface area contributed by atoms with Gasteiger partial charge in [-0.05, 0) is 37.9 Å². The maximum absolute atomic E-state index is 13.8. The Kier molecular flexibility index (Phi) is 6.93. The Bertz CT molecular complexity index is 593. The molecule has 0 radical (unpaired) electrons. The summed E-state index contributed by atoms with van der Waals surface area (Å²) in [4.78, 5) is 14.2. The van der Waals surface area contributed by atoms with Crippen LogP contribution < -0.4 is 10.6 Å². The van der Waals surface area contributed by atoms with Gasteiger partial charge in [-0.25, -0.2) is 0 Å². The van der Waals surface area contributed by atoms with Crippen LogP contribution >= 0.6 is 12.4 Å². The molecule has 2 aliphatic rings. The molecule has 146 valence electrons. The molecule has 2 heterocycles. The van der Waals surface area contributed by atoms with Crippen LogP contribution in [0.1, 0.15) is 24.8 Å². The second kappa shape index (κ2) is 8.59. The highest BCUT2D eigenvalue weighted by Gasteiger charge is 2.62. The average molecular weight is 392 g/mol. The smallest absolute Gasteiger partial charge is 0.354 e. The van der Waals surface area contributed by atoms with Crippen LogP contribution in [0, 0.1) is 5.41 Å². The zero-order valence-electron chi connectivity index (χ0n) is 14.5. The topological polar surface area (TPSA) is 44.4 Å². The van der Waals surface area contributed by atoms with Crippen molar-refractivity contribution in [3.05, 3.63) is 35.9 Å². The minimum atomic E-state index is -4.55. The molecule has 2 fully saturated rings. The lowest BCUT2D eigenvalue weighted by Crippen LogP contribution is -2.54. The minimum Gasteiger partial charge on any atom is -0.354 e. The number of halogens is 4. The van der Waals surface area contributed by atoms with Crippen LogP contribution in [-0.4, -0.2) is 49.2 Å². The van der Waals surface area contributed by atoms with Gasteiger partial charge in [0.05, 0.1) is 0 Å². The van der Waals surface area contributed by atoms with E-state index in [-0.39, 0.29) is 44.5 Å². The van der Waals surface area contributed by atoms with E-state index in [1.54, 1.807) is 4.90 Å². The van der Waals surface area contributed by atoms with E-state index >= 15 is 0 Å². The van der Waals surface area contributed by atoms with Gasteiger partial charge >= 0.3 is 6.18 Å². The number of nitrogens with zero attached hydrogens (tertiary/aromatic N) is 1. The summed E-state index contributed by atoms with van der Waals surface area (Å²) in [5.74, 6) is -0.885. The number of amides is 1. The van der Waals surface area contributed by atoms with Crippen molar-refractivity contribution < 1.29 is 18.0 Å². The number of hydrogen-bond donors (Lipinski definition) is 2. The van der Waals surface area contributed by atoms with Crippen LogP contribution in [0.3, 0.4) is 0 Å². The van der Waals surface area contributed by atoms with Crippen LogP contribution in [0.5, 0.6) is 0 Å². The largest absolute Gasteiger partial charge is 0.404 e. The zero-order chi connectivity index (χ0) is 17.9. The molecule has 0 aromatic heterocycles. The molecule has 2 saturated heterocycles. The van der Waals surface area contributed by atoms with Gasteiger partial charge in [-0.1, -0.05) is 30.3 Å². The first kappa shape index (κ1) is 21.0. The van der Waals surface area contributed by atoms with E-state index in [0.29, 0.717) is 6.54 Å². The van der Waals surface area contributed by atoms with Gasteiger partial charge in [0.2, 0.25) is 5.91 Å². The first-order valence-corrected chi connectivity index (χ1v) is 8.75. The standard InChI is InChI=1S/C18H24F3N3O.ClH/c19-18(20,21)17(16(25)23-11-15-7-4-9-22-15)8-10-24(13-17)12-14-5-2-1-3-6-14;/h1-3,5-6,15,22H,4,7-13H2,(H,23,25);1H. The van der Waals surface area contributed by atoms with Crippen molar-refractivity contribution in [2.45, 2.75) is 38.0 Å². The van der Waals surface area contributed by atoms with E-state index in [1.165, 1.54) is 0 Å². The predicted octanol–water partition coefficient (Wildman–Crippen LogP) is 2.73. The van der Waals surface area contributed by atoms with Crippen molar-refractivity contribution in [3.8, 4) is 0 Å². The summed E-state index contributed by atoms with van der Waals surface area (Å²) in [5.41, 5.74) is -1.35. The van der Waals surface area contributed by atoms with Crippen molar-refractivity contribution in [1.29, 1.82) is 0 Å². The van der Waals surface area contributed by atoms with Crippen molar-refractivity contribution in [1.82, 2.24) is 15.5 Å². The normalized spacial score (nSPS) is 26.5. The molecule has 2 unspecified atom stereocenters. The lowest BCUT2D eigenvalue weighted by atomic mass is 9.85. The number of likely N-dealkylation sites (tertiary alicyclic amines) is 1. The lowest BCUT2D eigenvalue weighted by Gasteiger charge is -2.31. The SMILES string of the molecule is Cl.O=C(NCC1CCCN1)C1(C(F)(F)F)CCN(Cc2ccccc2)C1. The van der Waals surface area contributed by atoms with E-state index in [0.717, 1.165) is 24.9 Å². The Hall–Kier alpha value is -1.31. The minimum absolute atomic E-state index is 0. The maximum Gasteiger partial charge on any atom is 0.404 e. The van der Waals surface area contributed by atoms with Gasteiger partial charge in [0, 0.05) is 25.7 Å². The Morgan fingerprint density at radius 2 is 2.04 bits per heavy atom. The van der Waals surface area contributed by atoms with E-state index in [2.05, 4.69) is 10.6 Å². The quantitative estimate of drug-likeness (QED) is 0.811. The molecule has 0 aliphatic carbocycles. The second-order valence-corrected chi connectivity index (χ2v) is 7.03. The number of alkyl halides is 3. The summed E-state index contributed by atoms with van der Waals surface area (Å²) in [6.07, 6.45) is -2.85. The highest BCUT2D eigenvalue weighted by molar-refractivity contribution is 5.85. The molecular weight excluding hydrogens is 367 g/mol. The third kappa shape index (κ3) is 4.50. The molecule has 0 saturated carbocycles. The number of rotatable bonds is 5. The van der Waals surface area contributed by atoms with Gasteiger partial charge in [0.1, 0.15) is 0 Å². The fourth-order valence-corrected chi connectivity index (χ4v) is 3.73. The van der Waals surface area contributed by atoms with Crippen molar-refractivity contribution in [2.24, 2.45) is 5.41 Å². The van der Waals surface area contributed by atoms with Crippen molar-refractivity contribution >= 4 is 18.3 Å². The number of hydrogen-bond acceptors (Lipinski definition) is 3. The molecule has 2 aliphatic heterocycles. The van der Waals surface area contributed by atoms with E-state index in [1.807, 2.05) is 30.3 Å². The molecule has 1 aromatic rings. The lowest BCUT2D eigenvalue weighted by molar-refractivity contribution is -0.218. The molecule has 1 aromatic carbocycles. The summed E-state index contributed by atoms with van der Waals surface area (Å²) >= 11 is 0. The average Bonchev–Trinajstić information content (AvgIpc) is 3.23. The first-order valence-electron chi connectivity index (χ1n) is 8.75. The summed E-state index contributed by atoms with van der Waals surface area (Å²) in [6, 6.07) is 9.46. The highest BCUT2D eigenvalue weighted by Crippen LogP contribution is 2.46. The molecule has 0 bridgehead atoms. The molecule has 2 atom stereocenters. The van der Waals surface area contributed by atoms with Crippen LogP contribution in [0.4, 0.5) is 13.2 Å². The van der Waals surface area contributed by atoms with Crippen LogP contribution in [0.15, 0.2) is 30.3 Å². The van der Waals surface area contributed by atoms with Gasteiger partial charge in [-0.3, -0.25) is 9.69 Å². The number of carbonyl (C=O) groups excluding carboxylic acids is 1. The van der Waals surface area contributed by atoms with Crippen LogP contribution in [0.25, 0.3) is 0 Å². The Labute approximate surface area is 157 Å².